The first-order valence-corrected chi connectivity index (χ1v) is 8.30. The fourth-order valence-corrected chi connectivity index (χ4v) is 3.39. The number of hydrogen-bond acceptors (Lipinski definition) is 2. The summed E-state index contributed by atoms with van der Waals surface area (Å²) in [5.74, 6) is -0.0426. The molecule has 0 aliphatic carbocycles. The zero-order chi connectivity index (χ0) is 17.4. The summed E-state index contributed by atoms with van der Waals surface area (Å²) in [6, 6.07) is 6.59. The zero-order valence-electron chi connectivity index (χ0n) is 13.8. The van der Waals surface area contributed by atoms with Crippen molar-refractivity contribution in [3.8, 4) is 0 Å². The van der Waals surface area contributed by atoms with Crippen LogP contribution in [0.5, 0.6) is 0 Å². The second kappa shape index (κ2) is 6.32. The molecule has 0 aromatic heterocycles. The molecule has 0 radical (unpaired) electrons. The molecule has 0 unspecified atom stereocenters. The summed E-state index contributed by atoms with van der Waals surface area (Å²) in [7, 11) is 0. The molecule has 1 aromatic rings. The summed E-state index contributed by atoms with van der Waals surface area (Å²) in [5, 5.41) is 3.50. The van der Waals surface area contributed by atoms with Crippen molar-refractivity contribution in [3.63, 3.8) is 0 Å². The molecule has 2 aliphatic rings. The van der Waals surface area contributed by atoms with Gasteiger partial charge < -0.3 is 10.2 Å². The van der Waals surface area contributed by atoms with Crippen LogP contribution in [-0.4, -0.2) is 40.9 Å². The van der Waals surface area contributed by atoms with Crippen LogP contribution in [-0.2, 0) is 4.79 Å². The molecule has 0 saturated heterocycles. The van der Waals surface area contributed by atoms with Gasteiger partial charge in [-0.1, -0.05) is 29.8 Å². The van der Waals surface area contributed by atoms with Crippen LogP contribution in [0.2, 0.25) is 5.02 Å². The van der Waals surface area contributed by atoms with E-state index >= 15 is 0 Å². The first-order chi connectivity index (χ1) is 11.4. The number of nitrogens with one attached hydrogen (secondary N) is 1. The number of halogens is 1. The molecule has 2 heterocycles. The van der Waals surface area contributed by atoms with Gasteiger partial charge in [0.15, 0.2) is 0 Å². The monoisotopic (exact) mass is 345 g/mol. The van der Waals surface area contributed by atoms with Gasteiger partial charge in [0, 0.05) is 17.6 Å². The third-order valence-corrected chi connectivity index (χ3v) is 4.60. The summed E-state index contributed by atoms with van der Waals surface area (Å²) in [5.41, 5.74) is 2.18. The fourth-order valence-electron chi connectivity index (χ4n) is 3.19. The lowest BCUT2D eigenvalue weighted by molar-refractivity contribution is -0.127. The number of urea groups is 1. The molecule has 126 valence electrons. The summed E-state index contributed by atoms with van der Waals surface area (Å²) in [6.45, 7) is 8.45. The first kappa shape index (κ1) is 16.6. The van der Waals surface area contributed by atoms with Crippen LogP contribution in [0, 0.1) is 0 Å². The van der Waals surface area contributed by atoms with Crippen molar-refractivity contribution in [3.05, 3.63) is 58.8 Å². The Morgan fingerprint density at radius 1 is 1.42 bits per heavy atom. The number of carbonyl (C=O) groups is 2. The van der Waals surface area contributed by atoms with Crippen molar-refractivity contribution in [2.75, 3.05) is 13.1 Å². The maximum atomic E-state index is 12.9. The standard InChI is InChI=1S/C18H20ClN3O2/c1-4-8-21-14-10-22(11(2)3)17(23)15(14)16(20-18(21)24)12-6-5-7-13(19)9-12/h4-7,9,11,16H,1,8,10H2,2-3H3,(H,20,24)/t16-/m0/s1. The summed E-state index contributed by atoms with van der Waals surface area (Å²) in [4.78, 5) is 28.8. The van der Waals surface area contributed by atoms with Crippen LogP contribution in [0.3, 0.4) is 0 Å². The topological polar surface area (TPSA) is 52.7 Å². The van der Waals surface area contributed by atoms with Gasteiger partial charge in [-0.25, -0.2) is 4.79 Å². The quantitative estimate of drug-likeness (QED) is 0.852. The van der Waals surface area contributed by atoms with E-state index in [1.54, 1.807) is 28.0 Å². The Kier molecular flexibility index (Phi) is 4.37. The Hall–Kier alpha value is -2.27. The van der Waals surface area contributed by atoms with E-state index in [2.05, 4.69) is 11.9 Å². The van der Waals surface area contributed by atoms with E-state index in [1.165, 1.54) is 0 Å². The van der Waals surface area contributed by atoms with E-state index < -0.39 is 6.04 Å². The second-order valence-corrected chi connectivity index (χ2v) is 6.66. The Morgan fingerprint density at radius 3 is 2.79 bits per heavy atom. The Balaban J connectivity index is 2.09. The van der Waals surface area contributed by atoms with Crippen molar-refractivity contribution in [1.29, 1.82) is 0 Å². The van der Waals surface area contributed by atoms with Gasteiger partial charge in [0.25, 0.3) is 5.91 Å². The predicted molar refractivity (Wildman–Crippen MR) is 93.5 cm³/mol. The van der Waals surface area contributed by atoms with Crippen molar-refractivity contribution in [2.45, 2.75) is 25.9 Å². The van der Waals surface area contributed by atoms with Crippen molar-refractivity contribution < 1.29 is 9.59 Å². The molecule has 3 amide bonds. The maximum Gasteiger partial charge on any atom is 0.322 e. The number of hydrogen-bond donors (Lipinski definition) is 1. The number of rotatable bonds is 4. The van der Waals surface area contributed by atoms with Gasteiger partial charge in [-0.05, 0) is 31.5 Å². The average molecular weight is 346 g/mol. The third kappa shape index (κ3) is 2.69. The minimum absolute atomic E-state index is 0.0426. The zero-order valence-corrected chi connectivity index (χ0v) is 14.5. The van der Waals surface area contributed by atoms with Gasteiger partial charge in [-0.15, -0.1) is 6.58 Å². The van der Waals surface area contributed by atoms with Gasteiger partial charge in [0.1, 0.15) is 0 Å². The molecule has 0 fully saturated rings. The molecule has 5 nitrogen and oxygen atoms in total. The molecule has 24 heavy (non-hydrogen) atoms. The van der Waals surface area contributed by atoms with Gasteiger partial charge in [-0.2, -0.15) is 0 Å². The molecule has 0 spiro atoms. The molecule has 3 rings (SSSR count). The Morgan fingerprint density at radius 2 is 2.17 bits per heavy atom. The Bertz CT molecular complexity index is 742. The highest BCUT2D eigenvalue weighted by molar-refractivity contribution is 6.30. The van der Waals surface area contributed by atoms with Crippen molar-refractivity contribution in [2.24, 2.45) is 0 Å². The maximum absolute atomic E-state index is 12.9. The fraction of sp³-hybridized carbons (Fsp3) is 0.333. The summed E-state index contributed by atoms with van der Waals surface area (Å²) in [6.07, 6.45) is 1.66. The lowest BCUT2D eigenvalue weighted by atomic mass is 9.95. The van der Waals surface area contributed by atoms with Crippen LogP contribution in [0.15, 0.2) is 48.2 Å². The minimum Gasteiger partial charge on any atom is -0.331 e. The molecule has 0 bridgehead atoms. The predicted octanol–water partition coefficient (Wildman–Crippen LogP) is 3.10. The molecule has 1 atom stereocenters. The van der Waals surface area contributed by atoms with Gasteiger partial charge in [0.2, 0.25) is 0 Å². The largest absolute Gasteiger partial charge is 0.331 e. The lowest BCUT2D eigenvalue weighted by Crippen LogP contribution is -2.47. The number of carbonyl (C=O) groups excluding carboxylic acids is 2. The second-order valence-electron chi connectivity index (χ2n) is 6.22. The molecule has 1 N–H and O–H groups in total. The smallest absolute Gasteiger partial charge is 0.322 e. The van der Waals surface area contributed by atoms with E-state index in [1.807, 2.05) is 26.0 Å². The summed E-state index contributed by atoms with van der Waals surface area (Å²) >= 11 is 6.09. The van der Waals surface area contributed by atoms with Crippen LogP contribution in [0.25, 0.3) is 0 Å². The van der Waals surface area contributed by atoms with Crippen LogP contribution in [0.1, 0.15) is 25.5 Å². The highest BCUT2D eigenvalue weighted by Gasteiger charge is 2.44. The highest BCUT2D eigenvalue weighted by Crippen LogP contribution is 2.37. The lowest BCUT2D eigenvalue weighted by Gasteiger charge is -2.33. The number of nitrogens with zero attached hydrogens (tertiary/aromatic N) is 2. The number of benzene rings is 1. The molecular formula is C18H20ClN3O2. The molecule has 1 aromatic carbocycles. The SMILES string of the molecule is C=CCN1C(=O)N[C@@H](c2cccc(Cl)c2)C2=C1CN(C(C)C)C2=O. The first-order valence-electron chi connectivity index (χ1n) is 7.92. The molecule has 6 heteroatoms. The van der Waals surface area contributed by atoms with Crippen LogP contribution < -0.4 is 5.32 Å². The normalized spacial score (nSPS) is 20.6. The van der Waals surface area contributed by atoms with E-state index in [9.17, 15) is 9.59 Å². The Labute approximate surface area is 146 Å². The van der Waals surface area contributed by atoms with Crippen molar-refractivity contribution >= 4 is 23.5 Å². The molecule has 0 saturated carbocycles. The van der Waals surface area contributed by atoms with Crippen LogP contribution >= 0.6 is 11.6 Å². The summed E-state index contributed by atoms with van der Waals surface area (Å²) < 4.78 is 0. The van der Waals surface area contributed by atoms with E-state index in [0.29, 0.717) is 23.7 Å². The molecular weight excluding hydrogens is 326 g/mol. The van der Waals surface area contributed by atoms with Crippen molar-refractivity contribution in [1.82, 2.24) is 15.1 Å². The van der Waals surface area contributed by atoms with E-state index in [4.69, 9.17) is 11.6 Å². The van der Waals surface area contributed by atoms with Gasteiger partial charge >= 0.3 is 6.03 Å². The van der Waals surface area contributed by atoms with E-state index in [-0.39, 0.29) is 18.0 Å². The third-order valence-electron chi connectivity index (χ3n) is 4.37. The van der Waals surface area contributed by atoms with Gasteiger partial charge in [-0.3, -0.25) is 9.69 Å². The van der Waals surface area contributed by atoms with Gasteiger partial charge in [0.05, 0.1) is 23.9 Å². The number of amides is 3. The average Bonchev–Trinajstić information content (AvgIpc) is 2.88. The molecule has 2 aliphatic heterocycles. The minimum atomic E-state index is -0.483. The van der Waals surface area contributed by atoms with E-state index in [0.717, 1.165) is 11.3 Å². The highest BCUT2D eigenvalue weighted by atomic mass is 35.5. The van der Waals surface area contributed by atoms with Crippen LogP contribution in [0.4, 0.5) is 4.79 Å².